The molecule has 0 spiro atoms. The van der Waals surface area contributed by atoms with Gasteiger partial charge in [-0.2, -0.15) is 0 Å². The van der Waals surface area contributed by atoms with Crippen LogP contribution in [0.3, 0.4) is 0 Å². The van der Waals surface area contributed by atoms with E-state index in [2.05, 4.69) is 9.97 Å². The summed E-state index contributed by atoms with van der Waals surface area (Å²) in [5.74, 6) is 1.32. The first kappa shape index (κ1) is 12.2. The van der Waals surface area contributed by atoms with Crippen LogP contribution in [-0.4, -0.2) is 24.2 Å². The van der Waals surface area contributed by atoms with E-state index >= 15 is 0 Å². The van der Waals surface area contributed by atoms with Gasteiger partial charge in [0.25, 0.3) is 0 Å². The van der Waals surface area contributed by atoms with Gasteiger partial charge in [-0.1, -0.05) is 0 Å². The molecule has 2 rings (SSSR count). The number of benzene rings is 1. The molecule has 0 bridgehead atoms. The first-order valence-corrected chi connectivity index (χ1v) is 5.47. The summed E-state index contributed by atoms with van der Waals surface area (Å²) in [5.41, 5.74) is 8.88. The molecule has 5 nitrogen and oxygen atoms in total. The smallest absolute Gasteiger partial charge is 0.161 e. The van der Waals surface area contributed by atoms with Gasteiger partial charge in [0.05, 0.1) is 31.3 Å². The number of aryl methyl sites for hydroxylation is 1. The molecule has 0 atom stereocenters. The number of nitrogen functional groups attached to an aromatic ring is 1. The lowest BCUT2D eigenvalue weighted by Crippen LogP contribution is -1.99. The number of nitrogens with zero attached hydrogens (tertiary/aromatic N) is 2. The summed E-state index contributed by atoms with van der Waals surface area (Å²) in [6, 6.07) is 5.56. The number of ether oxygens (including phenoxy) is 2. The van der Waals surface area contributed by atoms with Gasteiger partial charge in [0.2, 0.25) is 0 Å². The lowest BCUT2D eigenvalue weighted by Gasteiger charge is -2.11. The summed E-state index contributed by atoms with van der Waals surface area (Å²) in [6.07, 6.45) is 1.50. The highest BCUT2D eigenvalue weighted by molar-refractivity contribution is 5.75. The van der Waals surface area contributed by atoms with Gasteiger partial charge in [-0.05, 0) is 25.1 Å². The largest absolute Gasteiger partial charge is 0.493 e. The topological polar surface area (TPSA) is 70.3 Å². The average Bonchev–Trinajstić information content (AvgIpc) is 2.41. The molecule has 0 aliphatic carbocycles. The molecule has 0 amide bonds. The number of anilines is 1. The molecular weight excluding hydrogens is 230 g/mol. The quantitative estimate of drug-likeness (QED) is 0.896. The minimum Gasteiger partial charge on any atom is -0.493 e. The third-order valence-electron chi connectivity index (χ3n) is 2.74. The number of aromatic nitrogens is 2. The minimum absolute atomic E-state index is 0.574. The highest BCUT2D eigenvalue weighted by Gasteiger charge is 2.10. The van der Waals surface area contributed by atoms with Crippen molar-refractivity contribution in [3.8, 4) is 22.8 Å². The molecule has 1 aromatic carbocycles. The van der Waals surface area contributed by atoms with Crippen LogP contribution in [0.4, 0.5) is 5.69 Å². The molecule has 1 heterocycles. The normalized spacial score (nSPS) is 10.2. The van der Waals surface area contributed by atoms with Crippen molar-refractivity contribution in [2.45, 2.75) is 6.92 Å². The molecule has 1 aromatic heterocycles. The zero-order valence-corrected chi connectivity index (χ0v) is 10.6. The van der Waals surface area contributed by atoms with Gasteiger partial charge in [-0.25, -0.2) is 9.97 Å². The van der Waals surface area contributed by atoms with E-state index in [1.54, 1.807) is 14.2 Å². The summed E-state index contributed by atoms with van der Waals surface area (Å²) in [4.78, 5) is 8.26. The van der Waals surface area contributed by atoms with E-state index < -0.39 is 0 Å². The summed E-state index contributed by atoms with van der Waals surface area (Å²) in [7, 11) is 3.19. The van der Waals surface area contributed by atoms with E-state index in [1.165, 1.54) is 6.33 Å². The Hall–Kier alpha value is -2.30. The lowest BCUT2D eigenvalue weighted by molar-refractivity contribution is 0.355. The SMILES string of the molecule is COc1ccc(-c2ncnc(C)c2N)cc1OC. The van der Waals surface area contributed by atoms with Crippen LogP contribution in [0.15, 0.2) is 24.5 Å². The first-order valence-electron chi connectivity index (χ1n) is 5.47. The van der Waals surface area contributed by atoms with E-state index in [0.717, 1.165) is 11.3 Å². The van der Waals surface area contributed by atoms with Gasteiger partial charge in [-0.3, -0.25) is 0 Å². The van der Waals surface area contributed by atoms with Crippen LogP contribution in [0.2, 0.25) is 0 Å². The molecule has 5 heteroatoms. The lowest BCUT2D eigenvalue weighted by atomic mass is 10.1. The average molecular weight is 245 g/mol. The third kappa shape index (κ3) is 2.07. The maximum Gasteiger partial charge on any atom is 0.161 e. The Balaban J connectivity index is 2.54. The molecule has 2 aromatic rings. The fourth-order valence-corrected chi connectivity index (χ4v) is 1.70. The van der Waals surface area contributed by atoms with Gasteiger partial charge >= 0.3 is 0 Å². The number of hydrogen-bond donors (Lipinski definition) is 1. The van der Waals surface area contributed by atoms with Crippen molar-refractivity contribution in [3.63, 3.8) is 0 Å². The van der Waals surface area contributed by atoms with E-state index in [9.17, 15) is 0 Å². The Bertz CT molecular complexity index is 570. The van der Waals surface area contributed by atoms with Gasteiger partial charge in [0.15, 0.2) is 11.5 Å². The van der Waals surface area contributed by atoms with Crippen molar-refractivity contribution in [2.24, 2.45) is 0 Å². The van der Waals surface area contributed by atoms with Gasteiger partial charge in [0.1, 0.15) is 6.33 Å². The third-order valence-corrected chi connectivity index (χ3v) is 2.74. The van der Waals surface area contributed by atoms with Crippen molar-refractivity contribution < 1.29 is 9.47 Å². The van der Waals surface area contributed by atoms with Crippen LogP contribution in [0, 0.1) is 6.92 Å². The summed E-state index contributed by atoms with van der Waals surface area (Å²) in [6.45, 7) is 1.85. The molecule has 18 heavy (non-hydrogen) atoms. The number of rotatable bonds is 3. The van der Waals surface area contributed by atoms with Crippen LogP contribution in [0.25, 0.3) is 11.3 Å². The fraction of sp³-hybridized carbons (Fsp3) is 0.231. The van der Waals surface area contributed by atoms with E-state index in [1.807, 2.05) is 25.1 Å². The molecule has 0 fully saturated rings. The number of nitrogens with two attached hydrogens (primary N) is 1. The highest BCUT2D eigenvalue weighted by atomic mass is 16.5. The van der Waals surface area contributed by atoms with Crippen LogP contribution in [-0.2, 0) is 0 Å². The van der Waals surface area contributed by atoms with E-state index in [0.29, 0.717) is 22.9 Å². The summed E-state index contributed by atoms with van der Waals surface area (Å²) >= 11 is 0. The molecule has 0 unspecified atom stereocenters. The van der Waals surface area contributed by atoms with Crippen molar-refractivity contribution in [1.82, 2.24) is 9.97 Å². The molecular formula is C13H15N3O2. The fourth-order valence-electron chi connectivity index (χ4n) is 1.70. The maximum absolute atomic E-state index is 5.98. The molecule has 0 radical (unpaired) electrons. The first-order chi connectivity index (χ1) is 8.67. The summed E-state index contributed by atoms with van der Waals surface area (Å²) < 4.78 is 10.5. The van der Waals surface area contributed by atoms with Gasteiger partial charge < -0.3 is 15.2 Å². The minimum atomic E-state index is 0.574. The zero-order valence-electron chi connectivity index (χ0n) is 10.6. The molecule has 0 aliphatic rings. The second-order valence-electron chi connectivity index (χ2n) is 3.79. The van der Waals surface area contributed by atoms with Gasteiger partial charge in [0, 0.05) is 5.56 Å². The standard InChI is InChI=1S/C13H15N3O2/c1-8-12(14)13(16-7-15-8)9-4-5-10(17-2)11(6-9)18-3/h4-7H,14H2,1-3H3. The Morgan fingerprint density at radius 2 is 1.78 bits per heavy atom. The second-order valence-corrected chi connectivity index (χ2v) is 3.79. The molecule has 0 saturated heterocycles. The van der Waals surface area contributed by atoms with Crippen molar-refractivity contribution >= 4 is 5.69 Å². The van der Waals surface area contributed by atoms with Crippen LogP contribution < -0.4 is 15.2 Å². The monoisotopic (exact) mass is 245 g/mol. The molecule has 2 N–H and O–H groups in total. The highest BCUT2D eigenvalue weighted by Crippen LogP contribution is 2.33. The predicted molar refractivity (Wildman–Crippen MR) is 69.7 cm³/mol. The number of methoxy groups -OCH3 is 2. The van der Waals surface area contributed by atoms with Crippen molar-refractivity contribution in [2.75, 3.05) is 20.0 Å². The van der Waals surface area contributed by atoms with E-state index in [-0.39, 0.29) is 0 Å². The van der Waals surface area contributed by atoms with Crippen molar-refractivity contribution in [1.29, 1.82) is 0 Å². The van der Waals surface area contributed by atoms with Crippen LogP contribution >= 0.6 is 0 Å². The van der Waals surface area contributed by atoms with Crippen molar-refractivity contribution in [3.05, 3.63) is 30.2 Å². The Morgan fingerprint density at radius 1 is 1.06 bits per heavy atom. The summed E-state index contributed by atoms with van der Waals surface area (Å²) in [5, 5.41) is 0. The Morgan fingerprint density at radius 3 is 2.44 bits per heavy atom. The Kier molecular flexibility index (Phi) is 3.32. The Labute approximate surface area is 106 Å². The molecule has 0 aliphatic heterocycles. The van der Waals surface area contributed by atoms with E-state index in [4.69, 9.17) is 15.2 Å². The van der Waals surface area contributed by atoms with Gasteiger partial charge in [-0.15, -0.1) is 0 Å². The molecule has 94 valence electrons. The van der Waals surface area contributed by atoms with Crippen LogP contribution in [0.5, 0.6) is 11.5 Å². The zero-order chi connectivity index (χ0) is 13.1. The maximum atomic E-state index is 5.98. The number of hydrogen-bond acceptors (Lipinski definition) is 5. The predicted octanol–water partition coefficient (Wildman–Crippen LogP) is 2.05. The molecule has 0 saturated carbocycles. The van der Waals surface area contributed by atoms with Crippen LogP contribution in [0.1, 0.15) is 5.69 Å². The second kappa shape index (κ2) is 4.91.